The van der Waals surface area contributed by atoms with Crippen molar-refractivity contribution < 1.29 is 28.9 Å². The molecule has 0 fully saturated rings. The van der Waals surface area contributed by atoms with Crippen molar-refractivity contribution in [3.63, 3.8) is 0 Å². The van der Waals surface area contributed by atoms with Crippen LogP contribution in [0.3, 0.4) is 0 Å². The molecule has 2 aromatic rings. The number of esters is 1. The normalized spacial score (nSPS) is 10.9. The van der Waals surface area contributed by atoms with Crippen molar-refractivity contribution in [2.45, 2.75) is 26.2 Å². The summed E-state index contributed by atoms with van der Waals surface area (Å²) in [6.45, 7) is 9.42. The van der Waals surface area contributed by atoms with Crippen LogP contribution in [0.15, 0.2) is 49.1 Å². The van der Waals surface area contributed by atoms with Gasteiger partial charge in [0.25, 0.3) is 0 Å². The van der Waals surface area contributed by atoms with Crippen molar-refractivity contribution in [2.24, 2.45) is 0 Å². The second-order valence-electron chi connectivity index (χ2n) is 7.44. The molecule has 0 aliphatic rings. The molecule has 154 valence electrons. The van der Waals surface area contributed by atoms with Crippen LogP contribution in [0.5, 0.6) is 17.2 Å². The molecule has 6 nitrogen and oxygen atoms in total. The number of hydrogen-bond acceptors (Lipinski definition) is 6. The van der Waals surface area contributed by atoms with E-state index in [-0.39, 0.29) is 41.5 Å². The maximum Gasteiger partial charge on any atom is 0.342 e. The van der Waals surface area contributed by atoms with Gasteiger partial charge in [-0.3, -0.25) is 4.79 Å². The zero-order valence-corrected chi connectivity index (χ0v) is 17.2. The van der Waals surface area contributed by atoms with Crippen LogP contribution in [-0.4, -0.2) is 37.2 Å². The van der Waals surface area contributed by atoms with Crippen molar-refractivity contribution in [3.05, 3.63) is 65.7 Å². The average Bonchev–Trinajstić information content (AvgIpc) is 2.69. The third-order valence-electron chi connectivity index (χ3n) is 4.22. The quantitative estimate of drug-likeness (QED) is 0.406. The van der Waals surface area contributed by atoms with Crippen LogP contribution in [0.4, 0.5) is 0 Å². The number of carbonyl (C=O) groups excluding carboxylic acids is 2. The Balaban J connectivity index is 2.10. The molecule has 0 saturated heterocycles. The highest BCUT2D eigenvalue weighted by Crippen LogP contribution is 2.32. The molecule has 0 saturated carbocycles. The first-order valence-electron chi connectivity index (χ1n) is 9.13. The number of rotatable bonds is 8. The Bertz CT molecular complexity index is 908. The van der Waals surface area contributed by atoms with Crippen LogP contribution in [0, 0.1) is 0 Å². The lowest BCUT2D eigenvalue weighted by atomic mass is 9.85. The summed E-state index contributed by atoms with van der Waals surface area (Å²) in [6, 6.07) is 9.41. The molecule has 0 heterocycles. The average molecular weight is 398 g/mol. The minimum atomic E-state index is -0.669. The monoisotopic (exact) mass is 398 g/mol. The van der Waals surface area contributed by atoms with Gasteiger partial charge in [-0.1, -0.05) is 33.4 Å². The molecule has 0 unspecified atom stereocenters. The number of ether oxygens (including phenoxy) is 3. The first-order chi connectivity index (χ1) is 13.7. The fraction of sp³-hybridized carbons (Fsp3) is 0.304. The van der Waals surface area contributed by atoms with Crippen molar-refractivity contribution in [1.29, 1.82) is 0 Å². The SMILES string of the molecule is C=CCOC(=O)c1ccc(OCC(=O)c2ccc(OC)c(C(C)(C)C)c2)cc1O. The van der Waals surface area contributed by atoms with Gasteiger partial charge in [0.15, 0.2) is 12.4 Å². The highest BCUT2D eigenvalue weighted by atomic mass is 16.5. The van der Waals surface area contributed by atoms with Gasteiger partial charge in [-0.2, -0.15) is 0 Å². The van der Waals surface area contributed by atoms with Crippen LogP contribution in [0.1, 0.15) is 47.1 Å². The molecule has 2 rings (SSSR count). The van der Waals surface area contributed by atoms with Gasteiger partial charge in [-0.15, -0.1) is 0 Å². The van der Waals surface area contributed by atoms with E-state index in [0.29, 0.717) is 5.56 Å². The molecule has 0 radical (unpaired) electrons. The molecule has 0 aliphatic carbocycles. The summed E-state index contributed by atoms with van der Waals surface area (Å²) in [5.41, 5.74) is 1.25. The second kappa shape index (κ2) is 9.28. The highest BCUT2D eigenvalue weighted by Gasteiger charge is 2.21. The smallest absolute Gasteiger partial charge is 0.342 e. The summed E-state index contributed by atoms with van der Waals surface area (Å²) in [5.74, 6) is -0.187. The number of phenolic OH excluding ortho intramolecular Hbond substituents is 1. The zero-order valence-electron chi connectivity index (χ0n) is 17.2. The predicted octanol–water partition coefficient (Wildman–Crippen LogP) is 4.30. The molecule has 0 aliphatic heterocycles. The number of ketones is 1. The maximum atomic E-state index is 12.6. The summed E-state index contributed by atoms with van der Waals surface area (Å²) in [4.78, 5) is 24.4. The lowest BCUT2D eigenvalue weighted by Gasteiger charge is -2.22. The molecular formula is C23H26O6. The fourth-order valence-electron chi connectivity index (χ4n) is 2.69. The molecule has 0 aromatic heterocycles. The van der Waals surface area contributed by atoms with Gasteiger partial charge in [0.05, 0.1) is 7.11 Å². The summed E-state index contributed by atoms with van der Waals surface area (Å²) >= 11 is 0. The van der Waals surface area contributed by atoms with E-state index in [2.05, 4.69) is 6.58 Å². The highest BCUT2D eigenvalue weighted by molar-refractivity contribution is 5.97. The predicted molar refractivity (Wildman–Crippen MR) is 110 cm³/mol. The molecule has 2 aromatic carbocycles. The van der Waals surface area contributed by atoms with Crippen LogP contribution in [0.25, 0.3) is 0 Å². The molecule has 29 heavy (non-hydrogen) atoms. The number of benzene rings is 2. The van der Waals surface area contributed by atoms with Gasteiger partial charge in [0, 0.05) is 17.2 Å². The number of methoxy groups -OCH3 is 1. The Kier molecular flexibility index (Phi) is 7.04. The van der Waals surface area contributed by atoms with Gasteiger partial charge in [-0.05, 0) is 35.7 Å². The van der Waals surface area contributed by atoms with Gasteiger partial charge in [0.2, 0.25) is 0 Å². The Labute approximate surface area is 170 Å². The lowest BCUT2D eigenvalue weighted by Crippen LogP contribution is -2.16. The number of hydrogen-bond donors (Lipinski definition) is 1. The Morgan fingerprint density at radius 2 is 1.86 bits per heavy atom. The Morgan fingerprint density at radius 3 is 2.45 bits per heavy atom. The van der Waals surface area contributed by atoms with Gasteiger partial charge in [-0.25, -0.2) is 4.79 Å². The first-order valence-corrected chi connectivity index (χ1v) is 9.13. The van der Waals surface area contributed by atoms with Crippen molar-refractivity contribution in [3.8, 4) is 17.2 Å². The van der Waals surface area contributed by atoms with Gasteiger partial charge >= 0.3 is 5.97 Å². The van der Waals surface area contributed by atoms with E-state index >= 15 is 0 Å². The number of Topliss-reactive ketones (excluding diaryl/α,β-unsaturated/α-hetero) is 1. The van der Waals surface area contributed by atoms with Crippen LogP contribution < -0.4 is 9.47 Å². The minimum Gasteiger partial charge on any atom is -0.507 e. The van der Waals surface area contributed by atoms with Crippen LogP contribution >= 0.6 is 0 Å². The maximum absolute atomic E-state index is 12.6. The molecule has 0 amide bonds. The molecule has 0 spiro atoms. The van der Waals surface area contributed by atoms with E-state index in [1.165, 1.54) is 24.3 Å². The Hall–Kier alpha value is -3.28. The van der Waals surface area contributed by atoms with E-state index in [4.69, 9.17) is 14.2 Å². The van der Waals surface area contributed by atoms with E-state index in [1.54, 1.807) is 25.3 Å². The minimum absolute atomic E-state index is 0.00972. The third kappa shape index (κ3) is 5.60. The molecule has 0 bridgehead atoms. The number of carbonyl (C=O) groups is 2. The number of aromatic hydroxyl groups is 1. The topological polar surface area (TPSA) is 82.1 Å². The summed E-state index contributed by atoms with van der Waals surface area (Å²) < 4.78 is 15.8. The van der Waals surface area contributed by atoms with E-state index in [9.17, 15) is 14.7 Å². The Morgan fingerprint density at radius 1 is 1.14 bits per heavy atom. The van der Waals surface area contributed by atoms with Gasteiger partial charge in [0.1, 0.15) is 29.4 Å². The van der Waals surface area contributed by atoms with Crippen molar-refractivity contribution in [1.82, 2.24) is 0 Å². The molecule has 1 N–H and O–H groups in total. The standard InChI is InChI=1S/C23H26O6/c1-6-11-28-22(26)17-9-8-16(13-19(17)24)29-14-20(25)15-7-10-21(27-5)18(12-15)23(2,3)4/h6-10,12-13,24H,1,11,14H2,2-5H3. The fourth-order valence-corrected chi connectivity index (χ4v) is 2.69. The zero-order chi connectivity index (χ0) is 21.6. The number of phenols is 1. The summed E-state index contributed by atoms with van der Waals surface area (Å²) in [5, 5.41) is 10.0. The van der Waals surface area contributed by atoms with E-state index in [0.717, 1.165) is 11.3 Å². The van der Waals surface area contributed by atoms with Crippen molar-refractivity contribution in [2.75, 3.05) is 20.3 Å². The van der Waals surface area contributed by atoms with Gasteiger partial charge < -0.3 is 19.3 Å². The van der Waals surface area contributed by atoms with Crippen LogP contribution in [0.2, 0.25) is 0 Å². The van der Waals surface area contributed by atoms with Crippen LogP contribution in [-0.2, 0) is 10.2 Å². The van der Waals surface area contributed by atoms with E-state index in [1.807, 2.05) is 20.8 Å². The molecule has 6 heteroatoms. The third-order valence-corrected chi connectivity index (χ3v) is 4.22. The lowest BCUT2D eigenvalue weighted by molar-refractivity contribution is 0.0546. The second-order valence-corrected chi connectivity index (χ2v) is 7.44. The van der Waals surface area contributed by atoms with Crippen molar-refractivity contribution >= 4 is 11.8 Å². The first kappa shape index (κ1) is 22.0. The summed E-state index contributed by atoms with van der Waals surface area (Å²) in [6.07, 6.45) is 1.43. The summed E-state index contributed by atoms with van der Waals surface area (Å²) in [7, 11) is 1.60. The largest absolute Gasteiger partial charge is 0.507 e. The van der Waals surface area contributed by atoms with E-state index < -0.39 is 5.97 Å². The molecular weight excluding hydrogens is 372 g/mol. The molecule has 0 atom stereocenters.